The number of nitrogens with zero attached hydrogens (tertiary/aromatic N) is 5. The molecule has 31 heavy (non-hydrogen) atoms. The highest BCUT2D eigenvalue weighted by Gasteiger charge is 2.22. The predicted octanol–water partition coefficient (Wildman–Crippen LogP) is 1.79. The SMILES string of the molecule is Cn1c(N)c(-c2nc(NC(=O)c3cnccn3)oc2Cc2ncccc2F)ccc1=O. The molecule has 4 rings (SSSR count). The number of carbonyl (C=O) groups is 1. The van der Waals surface area contributed by atoms with E-state index in [0.29, 0.717) is 5.56 Å². The minimum absolute atomic E-state index is 0.0567. The Morgan fingerprint density at radius 2 is 2.06 bits per heavy atom. The van der Waals surface area contributed by atoms with E-state index in [1.165, 1.54) is 60.7 Å². The van der Waals surface area contributed by atoms with Gasteiger partial charge in [0.15, 0.2) is 0 Å². The van der Waals surface area contributed by atoms with Crippen molar-refractivity contribution in [1.29, 1.82) is 0 Å². The van der Waals surface area contributed by atoms with Crippen molar-refractivity contribution in [3.8, 4) is 11.3 Å². The Kier molecular flexibility index (Phi) is 5.22. The smallest absolute Gasteiger partial charge is 0.302 e. The van der Waals surface area contributed by atoms with Gasteiger partial charge in [-0.2, -0.15) is 4.98 Å². The summed E-state index contributed by atoms with van der Waals surface area (Å²) in [6.07, 6.45) is 5.48. The Bertz CT molecular complexity index is 1320. The Labute approximate surface area is 174 Å². The van der Waals surface area contributed by atoms with Crippen LogP contribution in [0.3, 0.4) is 0 Å². The van der Waals surface area contributed by atoms with E-state index in [1.807, 2.05) is 0 Å². The van der Waals surface area contributed by atoms with Crippen LogP contribution in [0.5, 0.6) is 0 Å². The largest absolute Gasteiger partial charge is 0.427 e. The fourth-order valence-corrected chi connectivity index (χ4v) is 2.86. The van der Waals surface area contributed by atoms with Crippen LogP contribution in [0.4, 0.5) is 16.2 Å². The molecule has 10 nitrogen and oxygen atoms in total. The first-order valence-electron chi connectivity index (χ1n) is 9.06. The second kappa shape index (κ2) is 8.14. The summed E-state index contributed by atoms with van der Waals surface area (Å²) in [6, 6.07) is 5.41. The van der Waals surface area contributed by atoms with Gasteiger partial charge in [0.1, 0.15) is 28.8 Å². The third kappa shape index (κ3) is 4.01. The first-order valence-corrected chi connectivity index (χ1v) is 9.06. The molecule has 0 bridgehead atoms. The lowest BCUT2D eigenvalue weighted by Gasteiger charge is -2.08. The van der Waals surface area contributed by atoms with E-state index in [2.05, 4.69) is 25.3 Å². The molecule has 4 heterocycles. The van der Waals surface area contributed by atoms with E-state index in [0.717, 1.165) is 0 Å². The summed E-state index contributed by atoms with van der Waals surface area (Å²) >= 11 is 0. The molecule has 0 saturated carbocycles. The molecule has 156 valence electrons. The summed E-state index contributed by atoms with van der Waals surface area (Å²) in [7, 11) is 1.51. The van der Waals surface area contributed by atoms with Crippen LogP contribution in [0.2, 0.25) is 0 Å². The van der Waals surface area contributed by atoms with Crippen molar-refractivity contribution in [3.05, 3.63) is 82.4 Å². The highest BCUT2D eigenvalue weighted by molar-refractivity contribution is 6.01. The third-order valence-electron chi connectivity index (χ3n) is 4.49. The Hall–Kier alpha value is -4.41. The van der Waals surface area contributed by atoms with Crippen molar-refractivity contribution in [2.24, 2.45) is 7.05 Å². The molecule has 0 aliphatic carbocycles. The number of nitrogens with two attached hydrogens (primary N) is 1. The summed E-state index contributed by atoms with van der Waals surface area (Å²) in [5.74, 6) is -0.777. The van der Waals surface area contributed by atoms with Crippen LogP contribution in [0.15, 0.2) is 58.3 Å². The molecule has 0 aliphatic heterocycles. The van der Waals surface area contributed by atoms with Gasteiger partial charge in [0, 0.05) is 37.3 Å². The van der Waals surface area contributed by atoms with Gasteiger partial charge in [-0.05, 0) is 18.2 Å². The van der Waals surface area contributed by atoms with Crippen LogP contribution in [0, 0.1) is 5.82 Å². The van der Waals surface area contributed by atoms with Gasteiger partial charge in [0.25, 0.3) is 11.5 Å². The molecule has 0 aliphatic rings. The van der Waals surface area contributed by atoms with Gasteiger partial charge >= 0.3 is 6.01 Å². The van der Waals surface area contributed by atoms with Gasteiger partial charge in [-0.3, -0.25) is 29.4 Å². The van der Waals surface area contributed by atoms with Crippen LogP contribution in [0.1, 0.15) is 21.9 Å². The number of rotatable bonds is 5. The van der Waals surface area contributed by atoms with Crippen molar-refractivity contribution in [2.45, 2.75) is 6.42 Å². The number of nitrogen functional groups attached to an aromatic ring is 1. The zero-order valence-electron chi connectivity index (χ0n) is 16.2. The normalized spacial score (nSPS) is 10.8. The fourth-order valence-electron chi connectivity index (χ4n) is 2.86. The maximum Gasteiger partial charge on any atom is 0.302 e. The summed E-state index contributed by atoms with van der Waals surface area (Å²) in [5, 5.41) is 2.49. The van der Waals surface area contributed by atoms with Crippen molar-refractivity contribution in [2.75, 3.05) is 11.1 Å². The van der Waals surface area contributed by atoms with Gasteiger partial charge in [0.2, 0.25) is 0 Å². The number of halogens is 1. The van der Waals surface area contributed by atoms with Gasteiger partial charge in [-0.25, -0.2) is 9.37 Å². The number of oxazole rings is 1. The molecule has 0 aromatic carbocycles. The van der Waals surface area contributed by atoms with Gasteiger partial charge < -0.3 is 10.2 Å². The highest BCUT2D eigenvalue weighted by Crippen LogP contribution is 2.31. The van der Waals surface area contributed by atoms with Crippen molar-refractivity contribution in [1.82, 2.24) is 24.5 Å². The molecule has 0 fully saturated rings. The number of amides is 1. The van der Waals surface area contributed by atoms with Crippen LogP contribution in [0.25, 0.3) is 11.3 Å². The molecular formula is C20H16FN7O3. The van der Waals surface area contributed by atoms with Crippen molar-refractivity contribution in [3.63, 3.8) is 0 Å². The Morgan fingerprint density at radius 3 is 2.81 bits per heavy atom. The zero-order chi connectivity index (χ0) is 22.0. The maximum absolute atomic E-state index is 14.2. The first-order chi connectivity index (χ1) is 14.9. The number of anilines is 2. The van der Waals surface area contributed by atoms with E-state index < -0.39 is 11.7 Å². The quantitative estimate of drug-likeness (QED) is 0.497. The molecule has 0 unspecified atom stereocenters. The molecule has 1 amide bonds. The van der Waals surface area contributed by atoms with E-state index in [4.69, 9.17) is 10.2 Å². The Balaban J connectivity index is 1.77. The van der Waals surface area contributed by atoms with E-state index in [-0.39, 0.29) is 46.7 Å². The van der Waals surface area contributed by atoms with Gasteiger partial charge in [-0.1, -0.05) is 0 Å². The average molecular weight is 421 g/mol. The lowest BCUT2D eigenvalue weighted by molar-refractivity contribution is 0.101. The molecule has 3 N–H and O–H groups in total. The number of hydrogen-bond donors (Lipinski definition) is 2. The molecule has 0 atom stereocenters. The van der Waals surface area contributed by atoms with Crippen molar-refractivity contribution < 1.29 is 13.6 Å². The molecule has 0 saturated heterocycles. The monoisotopic (exact) mass is 421 g/mol. The Morgan fingerprint density at radius 1 is 1.23 bits per heavy atom. The second-order valence-corrected chi connectivity index (χ2v) is 6.47. The number of aromatic nitrogens is 5. The number of nitrogens with one attached hydrogen (secondary N) is 1. The number of hydrogen-bond acceptors (Lipinski definition) is 8. The predicted molar refractivity (Wildman–Crippen MR) is 109 cm³/mol. The van der Waals surface area contributed by atoms with E-state index >= 15 is 0 Å². The molecule has 4 aromatic heterocycles. The lowest BCUT2D eigenvalue weighted by atomic mass is 10.1. The van der Waals surface area contributed by atoms with Crippen LogP contribution >= 0.6 is 0 Å². The summed E-state index contributed by atoms with van der Waals surface area (Å²) in [6.45, 7) is 0. The minimum Gasteiger partial charge on any atom is -0.427 e. The first kappa shape index (κ1) is 19.9. The summed E-state index contributed by atoms with van der Waals surface area (Å²) < 4.78 is 21.1. The molecule has 0 radical (unpaired) electrons. The van der Waals surface area contributed by atoms with Gasteiger partial charge in [0.05, 0.1) is 18.3 Å². The standard InChI is InChI=1S/C20H16FN7O3/c1-28-16(29)5-4-11(18(28)22)17-15(9-13-12(21)3-2-6-24-13)31-20(26-17)27-19(30)14-10-23-7-8-25-14/h2-8,10H,9,22H2,1H3,(H,26,27,30). The highest BCUT2D eigenvalue weighted by atomic mass is 19.1. The van der Waals surface area contributed by atoms with Gasteiger partial charge in [-0.15, -0.1) is 0 Å². The number of carbonyl (C=O) groups excluding carboxylic acids is 1. The topological polar surface area (TPSA) is 142 Å². The fraction of sp³-hybridized carbons (Fsp3) is 0.100. The summed E-state index contributed by atoms with van der Waals surface area (Å²) in [4.78, 5) is 40.3. The van der Waals surface area contributed by atoms with Crippen LogP contribution in [-0.2, 0) is 13.5 Å². The maximum atomic E-state index is 14.2. The second-order valence-electron chi connectivity index (χ2n) is 6.47. The van der Waals surface area contributed by atoms with Crippen LogP contribution in [-0.4, -0.2) is 30.4 Å². The third-order valence-corrected chi connectivity index (χ3v) is 4.49. The molecule has 11 heteroatoms. The average Bonchev–Trinajstić information content (AvgIpc) is 3.16. The van der Waals surface area contributed by atoms with Crippen molar-refractivity contribution >= 4 is 17.7 Å². The lowest BCUT2D eigenvalue weighted by Crippen LogP contribution is -2.19. The summed E-state index contributed by atoms with van der Waals surface area (Å²) in [5.41, 5.74) is 6.59. The van der Waals surface area contributed by atoms with E-state index in [1.54, 1.807) is 0 Å². The zero-order valence-corrected chi connectivity index (χ0v) is 16.2. The molecular weight excluding hydrogens is 405 g/mol. The molecule has 4 aromatic rings. The minimum atomic E-state index is -0.593. The van der Waals surface area contributed by atoms with E-state index in [9.17, 15) is 14.0 Å². The molecule has 0 spiro atoms. The van der Waals surface area contributed by atoms with Crippen LogP contribution < -0.4 is 16.6 Å². The number of pyridine rings is 2.